The number of rotatable bonds is 4. The summed E-state index contributed by atoms with van der Waals surface area (Å²) in [7, 11) is 1.61. The Kier molecular flexibility index (Phi) is 4.68. The highest BCUT2D eigenvalue weighted by atomic mass is 79.9. The standard InChI is InChI=1S/C14H15BrN4O/c1-3-12-17-8-10(15)13(19-12)18-11-7-5-4-6-9(11)14(20)16-2/h4-8H,3H2,1-2H3,(H,16,20)(H,17,18,19). The highest BCUT2D eigenvalue weighted by Crippen LogP contribution is 2.25. The van der Waals surface area contributed by atoms with Crippen LogP contribution in [0.5, 0.6) is 0 Å². The summed E-state index contributed by atoms with van der Waals surface area (Å²) in [5.41, 5.74) is 1.27. The number of nitrogens with zero attached hydrogens (tertiary/aromatic N) is 2. The number of nitrogens with one attached hydrogen (secondary N) is 2. The molecule has 5 nitrogen and oxygen atoms in total. The Balaban J connectivity index is 2.37. The van der Waals surface area contributed by atoms with Crippen LogP contribution in [-0.4, -0.2) is 22.9 Å². The lowest BCUT2D eigenvalue weighted by Gasteiger charge is -2.12. The van der Waals surface area contributed by atoms with Crippen LogP contribution in [0.4, 0.5) is 11.5 Å². The summed E-state index contributed by atoms with van der Waals surface area (Å²) in [4.78, 5) is 20.4. The Morgan fingerprint density at radius 3 is 2.80 bits per heavy atom. The number of benzene rings is 1. The highest BCUT2D eigenvalue weighted by molar-refractivity contribution is 9.10. The third kappa shape index (κ3) is 3.14. The summed E-state index contributed by atoms with van der Waals surface area (Å²) in [6, 6.07) is 7.29. The van der Waals surface area contributed by atoms with Gasteiger partial charge in [-0.15, -0.1) is 0 Å². The third-order valence-corrected chi connectivity index (χ3v) is 3.34. The summed E-state index contributed by atoms with van der Waals surface area (Å²) >= 11 is 3.41. The molecule has 1 aromatic heterocycles. The van der Waals surface area contributed by atoms with Gasteiger partial charge in [0.15, 0.2) is 0 Å². The molecular weight excluding hydrogens is 320 g/mol. The fourth-order valence-electron chi connectivity index (χ4n) is 1.71. The number of carbonyl (C=O) groups is 1. The van der Waals surface area contributed by atoms with E-state index in [1.165, 1.54) is 0 Å². The van der Waals surface area contributed by atoms with E-state index in [0.29, 0.717) is 17.1 Å². The normalized spacial score (nSPS) is 10.2. The molecule has 2 rings (SSSR count). The predicted octanol–water partition coefficient (Wildman–Crippen LogP) is 2.90. The monoisotopic (exact) mass is 334 g/mol. The lowest BCUT2D eigenvalue weighted by molar-refractivity contribution is 0.0964. The Morgan fingerprint density at radius 1 is 1.35 bits per heavy atom. The van der Waals surface area contributed by atoms with E-state index >= 15 is 0 Å². The van der Waals surface area contributed by atoms with Crippen molar-refractivity contribution in [1.29, 1.82) is 0 Å². The molecular formula is C14H15BrN4O. The molecule has 1 heterocycles. The van der Waals surface area contributed by atoms with Crippen molar-refractivity contribution in [2.45, 2.75) is 13.3 Å². The van der Waals surface area contributed by atoms with E-state index in [1.54, 1.807) is 19.3 Å². The maximum absolute atomic E-state index is 11.8. The third-order valence-electron chi connectivity index (χ3n) is 2.76. The zero-order valence-corrected chi connectivity index (χ0v) is 12.9. The van der Waals surface area contributed by atoms with Crippen LogP contribution >= 0.6 is 15.9 Å². The van der Waals surface area contributed by atoms with Gasteiger partial charge in [0.2, 0.25) is 0 Å². The average Bonchev–Trinajstić information content (AvgIpc) is 2.49. The molecule has 0 aliphatic heterocycles. The summed E-state index contributed by atoms with van der Waals surface area (Å²) < 4.78 is 0.751. The number of carbonyl (C=O) groups excluding carboxylic acids is 1. The van der Waals surface area contributed by atoms with Crippen molar-refractivity contribution in [1.82, 2.24) is 15.3 Å². The van der Waals surface area contributed by atoms with Gasteiger partial charge in [0.25, 0.3) is 5.91 Å². The lowest BCUT2D eigenvalue weighted by atomic mass is 10.1. The SMILES string of the molecule is CCc1ncc(Br)c(Nc2ccccc2C(=O)NC)n1. The van der Waals surface area contributed by atoms with E-state index in [9.17, 15) is 4.79 Å². The number of hydrogen-bond donors (Lipinski definition) is 2. The van der Waals surface area contributed by atoms with Crippen molar-refractivity contribution >= 4 is 33.3 Å². The largest absolute Gasteiger partial charge is 0.355 e. The predicted molar refractivity (Wildman–Crippen MR) is 82.2 cm³/mol. The number of hydrogen-bond acceptors (Lipinski definition) is 4. The molecule has 0 aliphatic carbocycles. The quantitative estimate of drug-likeness (QED) is 0.902. The summed E-state index contributed by atoms with van der Waals surface area (Å²) in [6.45, 7) is 1.99. The van der Waals surface area contributed by atoms with Crippen LogP contribution in [0.3, 0.4) is 0 Å². The molecule has 0 radical (unpaired) electrons. The van der Waals surface area contributed by atoms with Crippen molar-refractivity contribution in [3.63, 3.8) is 0 Å². The van der Waals surface area contributed by atoms with E-state index in [1.807, 2.05) is 25.1 Å². The molecule has 20 heavy (non-hydrogen) atoms. The highest BCUT2D eigenvalue weighted by Gasteiger charge is 2.11. The molecule has 0 aliphatic rings. The van der Waals surface area contributed by atoms with Crippen molar-refractivity contribution in [3.05, 3.63) is 46.3 Å². The number of amides is 1. The fraction of sp³-hybridized carbons (Fsp3) is 0.214. The van der Waals surface area contributed by atoms with Crippen LogP contribution in [-0.2, 0) is 6.42 Å². The van der Waals surface area contributed by atoms with Gasteiger partial charge in [-0.05, 0) is 28.1 Å². The van der Waals surface area contributed by atoms with Gasteiger partial charge in [0, 0.05) is 19.7 Å². The van der Waals surface area contributed by atoms with Crippen molar-refractivity contribution in [2.24, 2.45) is 0 Å². The molecule has 2 N–H and O–H groups in total. The van der Waals surface area contributed by atoms with Crippen LogP contribution in [0.1, 0.15) is 23.1 Å². The summed E-state index contributed by atoms with van der Waals surface area (Å²) in [5.74, 6) is 1.25. The summed E-state index contributed by atoms with van der Waals surface area (Å²) in [6.07, 6.45) is 2.45. The fourth-order valence-corrected chi connectivity index (χ4v) is 2.00. The molecule has 0 atom stereocenters. The van der Waals surface area contributed by atoms with Crippen LogP contribution in [0.2, 0.25) is 0 Å². The number of aromatic nitrogens is 2. The Bertz CT molecular complexity index is 630. The average molecular weight is 335 g/mol. The van der Waals surface area contributed by atoms with Crippen molar-refractivity contribution in [3.8, 4) is 0 Å². The molecule has 0 saturated heterocycles. The van der Waals surface area contributed by atoms with Gasteiger partial charge < -0.3 is 10.6 Å². The molecule has 1 aromatic carbocycles. The first-order valence-corrected chi connectivity index (χ1v) is 7.04. The first-order valence-electron chi connectivity index (χ1n) is 6.25. The molecule has 0 bridgehead atoms. The van der Waals surface area contributed by atoms with Crippen LogP contribution < -0.4 is 10.6 Å². The smallest absolute Gasteiger partial charge is 0.253 e. The number of para-hydroxylation sites is 1. The van der Waals surface area contributed by atoms with E-state index in [2.05, 4.69) is 36.5 Å². The van der Waals surface area contributed by atoms with Crippen LogP contribution in [0, 0.1) is 0 Å². The van der Waals surface area contributed by atoms with Gasteiger partial charge in [-0.3, -0.25) is 4.79 Å². The maximum Gasteiger partial charge on any atom is 0.253 e. The van der Waals surface area contributed by atoms with Gasteiger partial charge in [-0.25, -0.2) is 9.97 Å². The van der Waals surface area contributed by atoms with Gasteiger partial charge in [0.05, 0.1) is 15.7 Å². The number of anilines is 2. The second kappa shape index (κ2) is 6.47. The van der Waals surface area contributed by atoms with Gasteiger partial charge in [0.1, 0.15) is 11.6 Å². The molecule has 0 fully saturated rings. The van der Waals surface area contributed by atoms with Gasteiger partial charge in [-0.2, -0.15) is 0 Å². The van der Waals surface area contributed by atoms with E-state index in [-0.39, 0.29) is 5.91 Å². The molecule has 0 unspecified atom stereocenters. The van der Waals surface area contributed by atoms with E-state index in [4.69, 9.17) is 0 Å². The van der Waals surface area contributed by atoms with Crippen LogP contribution in [0.25, 0.3) is 0 Å². The molecule has 1 amide bonds. The number of aryl methyl sites for hydroxylation is 1. The van der Waals surface area contributed by atoms with Gasteiger partial charge in [-0.1, -0.05) is 19.1 Å². The van der Waals surface area contributed by atoms with Crippen LogP contribution in [0.15, 0.2) is 34.9 Å². The first-order chi connectivity index (χ1) is 9.65. The van der Waals surface area contributed by atoms with Crippen molar-refractivity contribution < 1.29 is 4.79 Å². The number of halogens is 1. The minimum Gasteiger partial charge on any atom is -0.355 e. The van der Waals surface area contributed by atoms with Crippen molar-refractivity contribution in [2.75, 3.05) is 12.4 Å². The molecule has 6 heteroatoms. The zero-order valence-electron chi connectivity index (χ0n) is 11.3. The second-order valence-electron chi connectivity index (χ2n) is 4.09. The Labute approximate surface area is 126 Å². The first kappa shape index (κ1) is 14.5. The zero-order chi connectivity index (χ0) is 14.5. The minimum absolute atomic E-state index is 0.144. The Morgan fingerprint density at radius 2 is 2.10 bits per heavy atom. The van der Waals surface area contributed by atoms with E-state index < -0.39 is 0 Å². The molecule has 2 aromatic rings. The lowest BCUT2D eigenvalue weighted by Crippen LogP contribution is -2.19. The topological polar surface area (TPSA) is 66.9 Å². The Hall–Kier alpha value is -1.95. The molecule has 104 valence electrons. The minimum atomic E-state index is -0.144. The van der Waals surface area contributed by atoms with Gasteiger partial charge >= 0.3 is 0 Å². The van der Waals surface area contributed by atoms with E-state index in [0.717, 1.165) is 16.7 Å². The molecule has 0 spiro atoms. The second-order valence-corrected chi connectivity index (χ2v) is 4.94. The summed E-state index contributed by atoms with van der Waals surface area (Å²) in [5, 5.41) is 5.79. The maximum atomic E-state index is 11.8. The molecule has 0 saturated carbocycles.